The smallest absolute Gasteiger partial charge is 0.0458 e. The molecule has 0 bridgehead atoms. The fourth-order valence-electron chi connectivity index (χ4n) is 3.62. The van der Waals surface area contributed by atoms with Crippen LogP contribution in [0, 0.1) is 0 Å². The SMILES string of the molecule is CCN(CC)CC.[B]1[B][B]C2[B][B][B][B]C2[B][B]1.[B]1[B][B]C2[B][B][B][B]C2[B][B]1.[Co]. The molecule has 0 amide bonds. The third-order valence-electron chi connectivity index (χ3n) is 5.56. The first-order valence-corrected chi connectivity index (χ1v) is 11.1. The zero-order valence-electron chi connectivity index (χ0n) is 18.6. The largest absolute Gasteiger partial charge is 0.304 e. The van der Waals surface area contributed by atoms with Gasteiger partial charge in [-0.3, -0.25) is 0 Å². The molecule has 30 heavy (non-hydrogen) atoms. The average molecular weight is 407 g/mol. The maximum absolute atomic E-state index is 2.38. The molecule has 0 saturated carbocycles. The second-order valence-electron chi connectivity index (χ2n) is 7.39. The Morgan fingerprint density at radius 1 is 0.400 bits per heavy atom. The normalized spacial score (nSPS) is 26.4. The van der Waals surface area contributed by atoms with Crippen molar-refractivity contribution in [1.29, 1.82) is 0 Å². The summed E-state index contributed by atoms with van der Waals surface area (Å²) < 4.78 is 0. The van der Waals surface area contributed by atoms with Gasteiger partial charge in [-0.1, -0.05) is 20.8 Å². The van der Waals surface area contributed by atoms with Crippen molar-refractivity contribution in [3.05, 3.63) is 0 Å². The molecule has 20 heteroatoms. The van der Waals surface area contributed by atoms with Crippen LogP contribution in [0.5, 0.6) is 0 Å². The van der Waals surface area contributed by atoms with Gasteiger partial charge in [-0.15, -0.1) is 22.9 Å². The number of fused-ring (bicyclic) bond motifs is 2. The van der Waals surface area contributed by atoms with E-state index in [2.05, 4.69) is 154 Å². The Morgan fingerprint density at radius 2 is 0.600 bits per heavy atom. The number of nitrogens with zero attached hydrogens (tertiary/aromatic N) is 1. The van der Waals surface area contributed by atoms with E-state index in [0.29, 0.717) is 22.9 Å². The molecule has 0 aromatic heterocycles. The van der Waals surface area contributed by atoms with E-state index in [9.17, 15) is 0 Å². The van der Waals surface area contributed by atoms with E-state index in [0.717, 1.165) is 0 Å². The molecule has 4 atom stereocenters. The molecule has 4 aliphatic rings. The number of hydrogen-bond acceptors (Lipinski definition) is 1. The van der Waals surface area contributed by atoms with Crippen LogP contribution in [0.25, 0.3) is 0 Å². The zero-order valence-corrected chi connectivity index (χ0v) is 19.6. The minimum absolute atomic E-state index is 0. The summed E-state index contributed by atoms with van der Waals surface area (Å²) in [6.07, 6.45) is 0. The standard InChI is InChI=1S/C6H15N.2C2H2B9.Co/c1-4-7(5-2)6-3;2*3-1-2(4-8-7-3)6-10-11-9-5-1;/h4-6H2,1-3H3;2*1-2H;. The molecule has 4 heterocycles. The van der Waals surface area contributed by atoms with Gasteiger partial charge in [-0.25, -0.2) is 0 Å². The molecule has 0 spiro atoms. The Bertz CT molecular complexity index is 344. The molecule has 4 unspecified atom stereocenters. The summed E-state index contributed by atoms with van der Waals surface area (Å²) in [7, 11) is 39.0. The monoisotopic (exact) mass is 410 g/mol. The van der Waals surface area contributed by atoms with Crippen molar-refractivity contribution in [1.82, 2.24) is 4.90 Å². The predicted octanol–water partition coefficient (Wildman–Crippen LogP) is -4.16. The summed E-state index contributed by atoms with van der Waals surface area (Å²) in [5, 5.41) is 0. The van der Waals surface area contributed by atoms with Crippen LogP contribution in [-0.4, -0.2) is 153 Å². The first-order chi connectivity index (χ1) is 14.3. The maximum atomic E-state index is 2.38. The van der Waals surface area contributed by atoms with Gasteiger partial charge in [0.05, 0.1) is 0 Å². The number of rotatable bonds is 3. The summed E-state index contributed by atoms with van der Waals surface area (Å²) in [5.41, 5.74) is 2.31. The van der Waals surface area contributed by atoms with Crippen molar-refractivity contribution in [3.8, 4) is 0 Å². The van der Waals surface area contributed by atoms with Crippen molar-refractivity contribution >= 4 is 128 Å². The molecule has 127 valence electrons. The van der Waals surface area contributed by atoms with Gasteiger partial charge < -0.3 is 4.90 Å². The average Bonchev–Trinajstić information content (AvgIpc) is 3.16. The van der Waals surface area contributed by atoms with Crippen molar-refractivity contribution in [2.75, 3.05) is 19.6 Å². The predicted molar refractivity (Wildman–Crippen MR) is 152 cm³/mol. The molecule has 4 saturated heterocycles. The summed E-state index contributed by atoms with van der Waals surface area (Å²) in [6.45, 7) is 10.1. The molecule has 0 aromatic rings. The minimum atomic E-state index is 0. The van der Waals surface area contributed by atoms with Gasteiger partial charge in [-0.2, -0.15) is 0 Å². The summed E-state index contributed by atoms with van der Waals surface area (Å²) in [4.78, 5) is 2.38. The minimum Gasteiger partial charge on any atom is -0.304 e. The zero-order chi connectivity index (χ0) is 20.7. The van der Waals surface area contributed by atoms with Crippen LogP contribution < -0.4 is 0 Å². The molecule has 0 aromatic carbocycles. The van der Waals surface area contributed by atoms with Crippen LogP contribution in [0.15, 0.2) is 0 Å². The molecule has 0 aliphatic carbocycles. The van der Waals surface area contributed by atoms with Crippen LogP contribution in [0.2, 0.25) is 22.9 Å². The van der Waals surface area contributed by atoms with Gasteiger partial charge in [0, 0.05) is 145 Å². The summed E-state index contributed by atoms with van der Waals surface area (Å²) >= 11 is 0. The Balaban J connectivity index is 0.000000229. The Kier molecular flexibility index (Phi) is 18.8. The van der Waals surface area contributed by atoms with Crippen molar-refractivity contribution < 1.29 is 16.8 Å². The Hall–Kier alpha value is 1.64. The van der Waals surface area contributed by atoms with Gasteiger partial charge in [0.1, 0.15) is 0 Å². The van der Waals surface area contributed by atoms with Crippen LogP contribution in [0.1, 0.15) is 20.8 Å². The molecule has 4 aliphatic heterocycles. The third kappa shape index (κ3) is 11.7. The third-order valence-corrected chi connectivity index (χ3v) is 5.56. The van der Waals surface area contributed by atoms with E-state index < -0.39 is 0 Å². The van der Waals surface area contributed by atoms with Gasteiger partial charge in [-0.05, 0) is 19.6 Å². The second-order valence-corrected chi connectivity index (χ2v) is 7.39. The number of hydrogen-bond donors (Lipinski definition) is 0. The molecular weight excluding hydrogens is 388 g/mol. The van der Waals surface area contributed by atoms with E-state index in [1.165, 1.54) is 19.6 Å². The van der Waals surface area contributed by atoms with Crippen molar-refractivity contribution in [3.63, 3.8) is 0 Å². The fourth-order valence-corrected chi connectivity index (χ4v) is 3.62. The molecule has 0 N–H and O–H groups in total. The quantitative estimate of drug-likeness (QED) is 0.430. The molecular formula is C10H19B18CoN. The van der Waals surface area contributed by atoms with Crippen molar-refractivity contribution in [2.24, 2.45) is 0 Å². The molecule has 4 rings (SSSR count). The van der Waals surface area contributed by atoms with Crippen LogP contribution in [0.3, 0.4) is 0 Å². The van der Waals surface area contributed by atoms with Crippen LogP contribution in [0.4, 0.5) is 0 Å². The molecule has 19 radical (unpaired) electrons. The Labute approximate surface area is 212 Å². The molecule has 1 nitrogen and oxygen atoms in total. The first kappa shape index (κ1) is 29.7. The fraction of sp³-hybridized carbons (Fsp3) is 1.00. The molecule has 4 fully saturated rings. The van der Waals surface area contributed by atoms with Crippen LogP contribution in [-0.2, 0) is 16.8 Å². The summed E-state index contributed by atoms with van der Waals surface area (Å²) in [5.74, 6) is 0. The van der Waals surface area contributed by atoms with Gasteiger partial charge >= 0.3 is 0 Å². The van der Waals surface area contributed by atoms with E-state index in [1.54, 1.807) is 0 Å². The maximum Gasteiger partial charge on any atom is 0.0458 e. The first-order valence-electron chi connectivity index (χ1n) is 11.1. The van der Waals surface area contributed by atoms with Gasteiger partial charge in [0.25, 0.3) is 0 Å². The van der Waals surface area contributed by atoms with E-state index in [-0.39, 0.29) is 16.8 Å². The second kappa shape index (κ2) is 19.0. The van der Waals surface area contributed by atoms with Gasteiger partial charge in [0.15, 0.2) is 0 Å². The van der Waals surface area contributed by atoms with E-state index in [4.69, 9.17) is 0 Å². The van der Waals surface area contributed by atoms with Crippen LogP contribution >= 0.6 is 0 Å². The van der Waals surface area contributed by atoms with E-state index >= 15 is 0 Å². The topological polar surface area (TPSA) is 3.24 Å². The van der Waals surface area contributed by atoms with Gasteiger partial charge in [0.2, 0.25) is 0 Å². The van der Waals surface area contributed by atoms with Crippen molar-refractivity contribution in [2.45, 2.75) is 43.6 Å². The van der Waals surface area contributed by atoms with E-state index in [1.807, 2.05) is 0 Å². The summed E-state index contributed by atoms with van der Waals surface area (Å²) in [6, 6.07) is 0. The Morgan fingerprint density at radius 3 is 0.767 bits per heavy atom.